The lowest BCUT2D eigenvalue weighted by molar-refractivity contribution is -0.118. The zero-order valence-electron chi connectivity index (χ0n) is 20.3. The summed E-state index contributed by atoms with van der Waals surface area (Å²) >= 11 is 1.34. The molecule has 8 heteroatoms. The van der Waals surface area contributed by atoms with E-state index in [9.17, 15) is 9.59 Å². The van der Waals surface area contributed by atoms with Crippen LogP contribution in [0.1, 0.15) is 29.5 Å². The number of aryl methyl sites for hydroxylation is 1. The average molecular weight is 501 g/mol. The first-order chi connectivity index (χ1) is 17.6. The minimum atomic E-state index is -0.0623. The van der Waals surface area contributed by atoms with Gasteiger partial charge < -0.3 is 10.1 Å². The van der Waals surface area contributed by atoms with E-state index in [0.29, 0.717) is 35.9 Å². The highest BCUT2D eigenvalue weighted by atomic mass is 32.2. The van der Waals surface area contributed by atoms with Crippen molar-refractivity contribution >= 4 is 23.5 Å². The molecule has 7 nitrogen and oxygen atoms in total. The summed E-state index contributed by atoms with van der Waals surface area (Å²) in [7, 11) is 1.62. The number of ketones is 1. The molecule has 1 aromatic heterocycles. The van der Waals surface area contributed by atoms with Crippen LogP contribution in [0.25, 0.3) is 16.8 Å². The quantitative estimate of drug-likeness (QED) is 0.177. The summed E-state index contributed by atoms with van der Waals surface area (Å²) in [5.41, 5.74) is 3.64. The third-order valence-electron chi connectivity index (χ3n) is 5.62. The number of carbonyl (C=O) groups is 2. The van der Waals surface area contributed by atoms with Gasteiger partial charge in [-0.2, -0.15) is 0 Å². The largest absolute Gasteiger partial charge is 0.495 e. The molecule has 1 heterocycles. The van der Waals surface area contributed by atoms with E-state index in [1.807, 2.05) is 83.4 Å². The maximum atomic E-state index is 13.0. The van der Waals surface area contributed by atoms with Gasteiger partial charge in [0.2, 0.25) is 5.91 Å². The molecule has 3 aromatic carbocycles. The average Bonchev–Trinajstić information content (AvgIpc) is 3.32. The van der Waals surface area contributed by atoms with Crippen LogP contribution in [-0.4, -0.2) is 45.9 Å². The topological polar surface area (TPSA) is 86.1 Å². The Morgan fingerprint density at radius 1 is 0.917 bits per heavy atom. The van der Waals surface area contributed by atoms with Gasteiger partial charge in [0.15, 0.2) is 10.9 Å². The highest BCUT2D eigenvalue weighted by Gasteiger charge is 2.19. The van der Waals surface area contributed by atoms with Crippen LogP contribution in [0.2, 0.25) is 0 Å². The molecule has 0 atom stereocenters. The molecule has 0 saturated carbocycles. The van der Waals surface area contributed by atoms with Crippen molar-refractivity contribution in [1.82, 2.24) is 20.1 Å². The molecule has 0 radical (unpaired) electrons. The Labute approximate surface area is 214 Å². The van der Waals surface area contributed by atoms with Crippen molar-refractivity contribution in [2.75, 3.05) is 19.4 Å². The molecular weight excluding hydrogens is 472 g/mol. The van der Waals surface area contributed by atoms with Gasteiger partial charge in [0.25, 0.3) is 0 Å². The molecule has 0 spiro atoms. The van der Waals surface area contributed by atoms with Gasteiger partial charge in [-0.05, 0) is 29.7 Å². The third-order valence-corrected chi connectivity index (χ3v) is 6.55. The van der Waals surface area contributed by atoms with Crippen molar-refractivity contribution in [2.24, 2.45) is 0 Å². The number of hydrogen-bond acceptors (Lipinski definition) is 6. The van der Waals surface area contributed by atoms with Crippen molar-refractivity contribution in [1.29, 1.82) is 0 Å². The highest BCUT2D eigenvalue weighted by Crippen LogP contribution is 2.29. The second-order valence-electron chi connectivity index (χ2n) is 8.15. The Morgan fingerprint density at radius 2 is 1.61 bits per heavy atom. The number of hydrogen-bond donors (Lipinski definition) is 1. The van der Waals surface area contributed by atoms with Crippen LogP contribution in [0.3, 0.4) is 0 Å². The van der Waals surface area contributed by atoms with Gasteiger partial charge in [-0.25, -0.2) is 0 Å². The van der Waals surface area contributed by atoms with Crippen molar-refractivity contribution < 1.29 is 14.3 Å². The van der Waals surface area contributed by atoms with E-state index in [2.05, 4.69) is 15.5 Å². The summed E-state index contributed by atoms with van der Waals surface area (Å²) in [4.78, 5) is 24.2. The number of methoxy groups -OCH3 is 1. The number of nitrogens with one attached hydrogen (secondary N) is 1. The smallest absolute Gasteiger partial charge is 0.216 e. The zero-order valence-corrected chi connectivity index (χ0v) is 21.1. The van der Waals surface area contributed by atoms with Crippen molar-refractivity contribution in [2.45, 2.75) is 24.9 Å². The lowest BCUT2D eigenvalue weighted by atomic mass is 10.0. The second kappa shape index (κ2) is 12.2. The van der Waals surface area contributed by atoms with Crippen LogP contribution in [0, 0.1) is 0 Å². The Bertz CT molecular complexity index is 1320. The Morgan fingerprint density at radius 3 is 2.33 bits per heavy atom. The molecular formula is C28H28N4O3S. The van der Waals surface area contributed by atoms with Crippen LogP contribution < -0.4 is 10.1 Å². The molecule has 184 valence electrons. The number of benzene rings is 3. The Kier molecular flexibility index (Phi) is 8.52. The van der Waals surface area contributed by atoms with Crippen LogP contribution in [0.4, 0.5) is 0 Å². The molecule has 4 aromatic rings. The fourth-order valence-corrected chi connectivity index (χ4v) is 4.67. The molecule has 0 aliphatic rings. The van der Waals surface area contributed by atoms with E-state index >= 15 is 0 Å². The molecule has 0 fully saturated rings. The summed E-state index contributed by atoms with van der Waals surface area (Å²) in [5.74, 6) is 1.61. The van der Waals surface area contributed by atoms with Gasteiger partial charge in [0.1, 0.15) is 11.6 Å². The zero-order chi connectivity index (χ0) is 25.3. The molecule has 1 N–H and O–H groups in total. The summed E-state index contributed by atoms with van der Waals surface area (Å²) in [5, 5.41) is 12.2. The number of Topliss-reactive ketones (excluding diaryl/α,β-unsaturated/α-hetero) is 1. The van der Waals surface area contributed by atoms with E-state index in [1.165, 1.54) is 18.7 Å². The summed E-state index contributed by atoms with van der Waals surface area (Å²) in [6.45, 7) is 2.05. The number of ether oxygens (including phenoxy) is 1. The van der Waals surface area contributed by atoms with Crippen LogP contribution in [-0.2, 0) is 11.2 Å². The number of thioether (sulfide) groups is 1. The second-order valence-corrected chi connectivity index (χ2v) is 9.09. The molecule has 1 amide bonds. The van der Waals surface area contributed by atoms with Crippen LogP contribution >= 0.6 is 11.8 Å². The molecule has 0 unspecified atom stereocenters. The molecule has 0 bridgehead atoms. The van der Waals surface area contributed by atoms with Gasteiger partial charge >= 0.3 is 0 Å². The van der Waals surface area contributed by atoms with Crippen LogP contribution in [0.15, 0.2) is 84.0 Å². The first kappa shape index (κ1) is 25.2. The normalized spacial score (nSPS) is 10.7. The first-order valence-electron chi connectivity index (χ1n) is 11.7. The maximum absolute atomic E-state index is 13.0. The van der Waals surface area contributed by atoms with E-state index < -0.39 is 0 Å². The molecule has 36 heavy (non-hydrogen) atoms. The monoisotopic (exact) mass is 500 g/mol. The van der Waals surface area contributed by atoms with Gasteiger partial charge in [-0.15, -0.1) is 10.2 Å². The fraction of sp³-hybridized carbons (Fsp3) is 0.214. The van der Waals surface area contributed by atoms with Gasteiger partial charge in [-0.3, -0.25) is 14.2 Å². The summed E-state index contributed by atoms with van der Waals surface area (Å²) < 4.78 is 7.50. The van der Waals surface area contributed by atoms with Crippen molar-refractivity contribution in [3.8, 4) is 22.6 Å². The number of para-hydroxylation sites is 2. The van der Waals surface area contributed by atoms with E-state index in [4.69, 9.17) is 4.74 Å². The number of carbonyl (C=O) groups excluding carboxylic acids is 2. The fourth-order valence-electron chi connectivity index (χ4n) is 3.82. The van der Waals surface area contributed by atoms with E-state index in [0.717, 1.165) is 22.6 Å². The Hall–Kier alpha value is -3.91. The Balaban J connectivity index is 1.51. The van der Waals surface area contributed by atoms with E-state index in [1.54, 1.807) is 7.11 Å². The number of aromatic nitrogens is 3. The maximum Gasteiger partial charge on any atom is 0.216 e. The molecule has 0 saturated heterocycles. The summed E-state index contributed by atoms with van der Waals surface area (Å²) in [6, 6.07) is 25.4. The standard InChI is InChI=1S/C28H28N4O3S/c1-20(33)29-18-8-13-27-30-31-28(32(27)24-11-6-7-12-26(24)35-2)36-19-25(34)23-16-14-22(15-17-23)21-9-4-3-5-10-21/h3-7,9-12,14-17H,8,13,18-19H2,1-2H3,(H,29,33). The minimum absolute atomic E-state index is 0.0152. The van der Waals surface area contributed by atoms with Crippen molar-refractivity contribution in [3.05, 3.63) is 90.3 Å². The first-order valence-corrected chi connectivity index (χ1v) is 12.7. The van der Waals surface area contributed by atoms with Gasteiger partial charge in [-0.1, -0.05) is 78.5 Å². The third kappa shape index (κ3) is 6.20. The lowest BCUT2D eigenvalue weighted by Gasteiger charge is -2.14. The minimum Gasteiger partial charge on any atom is -0.495 e. The van der Waals surface area contributed by atoms with Gasteiger partial charge in [0.05, 0.1) is 18.6 Å². The van der Waals surface area contributed by atoms with Crippen LogP contribution in [0.5, 0.6) is 5.75 Å². The molecule has 4 rings (SSSR count). The number of rotatable bonds is 11. The number of amides is 1. The molecule has 0 aliphatic heterocycles. The van der Waals surface area contributed by atoms with Crippen molar-refractivity contribution in [3.63, 3.8) is 0 Å². The lowest BCUT2D eigenvalue weighted by Crippen LogP contribution is -2.21. The number of nitrogens with zero attached hydrogens (tertiary/aromatic N) is 3. The summed E-state index contributed by atoms with van der Waals surface area (Å²) in [6.07, 6.45) is 1.32. The highest BCUT2D eigenvalue weighted by molar-refractivity contribution is 7.99. The predicted octanol–water partition coefficient (Wildman–Crippen LogP) is 4.99. The SMILES string of the molecule is COc1ccccc1-n1c(CCCNC(C)=O)nnc1SCC(=O)c1ccc(-c2ccccc2)cc1. The molecule has 0 aliphatic carbocycles. The van der Waals surface area contributed by atoms with E-state index in [-0.39, 0.29) is 17.4 Å². The predicted molar refractivity (Wildman–Crippen MR) is 142 cm³/mol. The van der Waals surface area contributed by atoms with Gasteiger partial charge in [0, 0.05) is 25.5 Å².